The molecule has 0 aliphatic heterocycles. The van der Waals surface area contributed by atoms with Gasteiger partial charge < -0.3 is 10.4 Å². The van der Waals surface area contributed by atoms with Crippen molar-refractivity contribution in [2.75, 3.05) is 13.2 Å². The molecule has 0 fully saturated rings. The molecule has 124 valence electrons. The van der Waals surface area contributed by atoms with Gasteiger partial charge in [0, 0.05) is 31.1 Å². The van der Waals surface area contributed by atoms with Crippen molar-refractivity contribution in [2.24, 2.45) is 5.41 Å². The van der Waals surface area contributed by atoms with Gasteiger partial charge in [-0.1, -0.05) is 26.0 Å². The van der Waals surface area contributed by atoms with Gasteiger partial charge in [-0.25, -0.2) is 4.39 Å². The second-order valence-corrected chi connectivity index (χ2v) is 6.64. The zero-order chi connectivity index (χ0) is 16.7. The minimum atomic E-state index is -0.192. The molecule has 1 heterocycles. The number of nitrogens with zero attached hydrogens (tertiary/aromatic N) is 1. The first-order valence-corrected chi connectivity index (χ1v) is 8.02. The molecule has 0 spiro atoms. The van der Waals surface area contributed by atoms with Crippen LogP contribution in [0.2, 0.25) is 0 Å². The molecule has 0 unspecified atom stereocenters. The molecule has 4 heteroatoms. The lowest BCUT2D eigenvalue weighted by Crippen LogP contribution is -2.21. The third-order valence-electron chi connectivity index (χ3n) is 4.02. The molecular formula is C19H25FN2O. The van der Waals surface area contributed by atoms with E-state index in [0.717, 1.165) is 30.5 Å². The minimum absolute atomic E-state index is 0.0425. The Bertz CT molecular complexity index is 614. The lowest BCUT2D eigenvalue weighted by Gasteiger charge is -2.21. The summed E-state index contributed by atoms with van der Waals surface area (Å²) in [6.45, 7) is 5.62. The van der Waals surface area contributed by atoms with Crippen molar-refractivity contribution in [2.45, 2.75) is 33.2 Å². The molecule has 2 N–H and O–H groups in total. The maximum atomic E-state index is 14.2. The van der Waals surface area contributed by atoms with Crippen molar-refractivity contribution in [3.05, 3.63) is 54.1 Å². The monoisotopic (exact) mass is 316 g/mol. The van der Waals surface area contributed by atoms with Crippen molar-refractivity contribution in [3.8, 4) is 11.1 Å². The van der Waals surface area contributed by atoms with Crippen LogP contribution in [0, 0.1) is 11.2 Å². The molecule has 0 saturated carbocycles. The molecule has 1 aromatic carbocycles. The zero-order valence-corrected chi connectivity index (χ0v) is 13.8. The fourth-order valence-electron chi connectivity index (χ4n) is 2.41. The number of pyridine rings is 1. The van der Waals surface area contributed by atoms with E-state index < -0.39 is 0 Å². The molecule has 23 heavy (non-hydrogen) atoms. The molecule has 0 saturated heterocycles. The summed E-state index contributed by atoms with van der Waals surface area (Å²) in [7, 11) is 0. The Morgan fingerprint density at radius 1 is 1.13 bits per heavy atom. The van der Waals surface area contributed by atoms with E-state index in [1.165, 1.54) is 0 Å². The molecule has 0 atom stereocenters. The van der Waals surface area contributed by atoms with Gasteiger partial charge in [0.05, 0.1) is 0 Å². The topological polar surface area (TPSA) is 45.1 Å². The number of nitrogens with one attached hydrogen (secondary N) is 1. The number of aromatic nitrogens is 1. The van der Waals surface area contributed by atoms with Crippen LogP contribution >= 0.6 is 0 Å². The average molecular weight is 316 g/mol. The van der Waals surface area contributed by atoms with E-state index in [1.807, 2.05) is 38.1 Å². The third-order valence-corrected chi connectivity index (χ3v) is 4.02. The molecule has 0 amide bonds. The maximum absolute atomic E-state index is 14.2. The van der Waals surface area contributed by atoms with Crippen LogP contribution in [-0.2, 0) is 6.54 Å². The summed E-state index contributed by atoms with van der Waals surface area (Å²) in [4.78, 5) is 3.97. The van der Waals surface area contributed by atoms with Gasteiger partial charge in [-0.05, 0) is 54.1 Å². The van der Waals surface area contributed by atoms with Crippen molar-refractivity contribution >= 4 is 0 Å². The molecule has 0 aliphatic carbocycles. The van der Waals surface area contributed by atoms with Gasteiger partial charge in [0.1, 0.15) is 5.82 Å². The highest BCUT2D eigenvalue weighted by molar-refractivity contribution is 5.63. The van der Waals surface area contributed by atoms with Gasteiger partial charge in [0.15, 0.2) is 0 Å². The highest BCUT2D eigenvalue weighted by Crippen LogP contribution is 2.22. The van der Waals surface area contributed by atoms with Crippen LogP contribution in [0.5, 0.6) is 0 Å². The predicted octanol–water partition coefficient (Wildman–Crippen LogP) is 3.78. The van der Waals surface area contributed by atoms with E-state index in [0.29, 0.717) is 12.1 Å². The Morgan fingerprint density at radius 3 is 2.52 bits per heavy atom. The molecule has 1 aromatic heterocycles. The molecule has 2 aromatic rings. The van der Waals surface area contributed by atoms with Crippen molar-refractivity contribution in [1.29, 1.82) is 0 Å². The number of hydrogen-bond acceptors (Lipinski definition) is 3. The van der Waals surface area contributed by atoms with Crippen molar-refractivity contribution < 1.29 is 9.50 Å². The summed E-state index contributed by atoms with van der Waals surface area (Å²) < 4.78 is 14.2. The largest absolute Gasteiger partial charge is 0.396 e. The van der Waals surface area contributed by atoms with E-state index in [-0.39, 0.29) is 17.8 Å². The van der Waals surface area contributed by atoms with Gasteiger partial charge >= 0.3 is 0 Å². The predicted molar refractivity (Wildman–Crippen MR) is 91.4 cm³/mol. The number of aliphatic hydroxyl groups excluding tert-OH is 1. The van der Waals surface area contributed by atoms with Crippen LogP contribution in [0.25, 0.3) is 11.1 Å². The standard InChI is InChI=1S/C19H25FN2O/c1-19(2,14-23)8-3-9-22-13-17-5-4-16(12-18(17)20)15-6-10-21-11-7-15/h4-7,10-12,22-23H,3,8-9,13-14H2,1-2H3. The van der Waals surface area contributed by atoms with Gasteiger partial charge in [-0.15, -0.1) is 0 Å². The molecule has 0 aliphatic rings. The molecular weight excluding hydrogens is 291 g/mol. The van der Waals surface area contributed by atoms with Crippen LogP contribution in [-0.4, -0.2) is 23.2 Å². The number of benzene rings is 1. The first-order chi connectivity index (χ1) is 11.0. The highest BCUT2D eigenvalue weighted by atomic mass is 19.1. The Balaban J connectivity index is 1.85. The quantitative estimate of drug-likeness (QED) is 0.729. The van der Waals surface area contributed by atoms with Crippen molar-refractivity contribution in [3.63, 3.8) is 0 Å². The van der Waals surface area contributed by atoms with Crippen LogP contribution < -0.4 is 5.32 Å². The summed E-state index contributed by atoms with van der Waals surface area (Å²) in [5.41, 5.74) is 2.45. The van der Waals surface area contributed by atoms with E-state index in [1.54, 1.807) is 18.5 Å². The van der Waals surface area contributed by atoms with Crippen molar-refractivity contribution in [1.82, 2.24) is 10.3 Å². The highest BCUT2D eigenvalue weighted by Gasteiger charge is 2.15. The SMILES string of the molecule is CC(C)(CO)CCCNCc1ccc(-c2ccncc2)cc1F. The summed E-state index contributed by atoms with van der Waals surface area (Å²) in [5.74, 6) is -0.192. The van der Waals surface area contributed by atoms with Gasteiger partial charge in [0.25, 0.3) is 0 Å². The second-order valence-electron chi connectivity index (χ2n) is 6.64. The Morgan fingerprint density at radius 2 is 1.87 bits per heavy atom. The van der Waals surface area contributed by atoms with Crippen LogP contribution in [0.15, 0.2) is 42.7 Å². The van der Waals surface area contributed by atoms with Crippen LogP contribution in [0.1, 0.15) is 32.3 Å². The fourth-order valence-corrected chi connectivity index (χ4v) is 2.41. The smallest absolute Gasteiger partial charge is 0.128 e. The molecule has 2 rings (SSSR count). The first-order valence-electron chi connectivity index (χ1n) is 8.02. The van der Waals surface area contributed by atoms with E-state index >= 15 is 0 Å². The average Bonchev–Trinajstić information content (AvgIpc) is 2.56. The first kappa shape index (κ1) is 17.6. The molecule has 0 radical (unpaired) electrons. The maximum Gasteiger partial charge on any atom is 0.128 e. The summed E-state index contributed by atoms with van der Waals surface area (Å²) >= 11 is 0. The summed E-state index contributed by atoms with van der Waals surface area (Å²) in [6, 6.07) is 9.08. The Kier molecular flexibility index (Phi) is 6.25. The number of halogens is 1. The Hall–Kier alpha value is -1.78. The summed E-state index contributed by atoms with van der Waals surface area (Å²) in [6.07, 6.45) is 5.32. The van der Waals surface area contributed by atoms with E-state index in [2.05, 4.69) is 10.3 Å². The van der Waals surface area contributed by atoms with Gasteiger partial charge in [-0.3, -0.25) is 4.98 Å². The lowest BCUT2D eigenvalue weighted by atomic mass is 9.89. The third kappa shape index (κ3) is 5.41. The van der Waals surface area contributed by atoms with Crippen LogP contribution in [0.4, 0.5) is 4.39 Å². The van der Waals surface area contributed by atoms with Gasteiger partial charge in [-0.2, -0.15) is 0 Å². The molecule has 0 bridgehead atoms. The zero-order valence-electron chi connectivity index (χ0n) is 13.8. The summed E-state index contributed by atoms with van der Waals surface area (Å²) in [5, 5.41) is 12.5. The fraction of sp³-hybridized carbons (Fsp3) is 0.421. The number of hydrogen-bond donors (Lipinski definition) is 2. The lowest BCUT2D eigenvalue weighted by molar-refractivity contribution is 0.148. The van der Waals surface area contributed by atoms with E-state index in [9.17, 15) is 9.50 Å². The number of aliphatic hydroxyl groups is 1. The van der Waals surface area contributed by atoms with E-state index in [4.69, 9.17) is 0 Å². The minimum Gasteiger partial charge on any atom is -0.396 e. The number of rotatable bonds is 8. The molecule has 3 nitrogen and oxygen atoms in total. The second kappa shape index (κ2) is 8.18. The van der Waals surface area contributed by atoms with Crippen LogP contribution in [0.3, 0.4) is 0 Å². The van der Waals surface area contributed by atoms with Gasteiger partial charge in [0.2, 0.25) is 0 Å². The normalized spacial score (nSPS) is 11.7. The Labute approximate surface area is 137 Å².